The average molecular weight is 297 g/mol. The van der Waals surface area contributed by atoms with Gasteiger partial charge in [0, 0.05) is 22.5 Å². The molecule has 0 saturated carbocycles. The van der Waals surface area contributed by atoms with E-state index in [1.165, 1.54) is 17.8 Å². The van der Waals surface area contributed by atoms with Crippen LogP contribution in [0.2, 0.25) is 0 Å². The van der Waals surface area contributed by atoms with E-state index in [4.69, 9.17) is 10.7 Å². The zero-order valence-electron chi connectivity index (χ0n) is 8.79. The molecule has 17 heavy (non-hydrogen) atoms. The van der Waals surface area contributed by atoms with Crippen molar-refractivity contribution in [3.05, 3.63) is 27.9 Å². The van der Waals surface area contributed by atoms with E-state index in [1.807, 2.05) is 0 Å². The highest BCUT2D eigenvalue weighted by molar-refractivity contribution is 8.14. The summed E-state index contributed by atoms with van der Waals surface area (Å²) in [6.45, 7) is 1.68. The highest BCUT2D eigenvalue weighted by Gasteiger charge is 2.11. The summed E-state index contributed by atoms with van der Waals surface area (Å²) in [5, 5.41) is 11.0. The lowest BCUT2D eigenvalue weighted by molar-refractivity contribution is -0.385. The number of nitro groups is 1. The molecular weight excluding hydrogens is 288 g/mol. The zero-order chi connectivity index (χ0) is 13.1. The van der Waals surface area contributed by atoms with Gasteiger partial charge in [0.25, 0.3) is 5.69 Å². The van der Waals surface area contributed by atoms with Crippen LogP contribution in [0.1, 0.15) is 5.56 Å². The van der Waals surface area contributed by atoms with Crippen molar-refractivity contribution in [2.24, 2.45) is 0 Å². The van der Waals surface area contributed by atoms with Crippen LogP contribution < -0.4 is 0 Å². The first kappa shape index (κ1) is 14.2. The van der Waals surface area contributed by atoms with E-state index in [9.17, 15) is 18.5 Å². The molecule has 9 heteroatoms. The maximum atomic E-state index is 10.7. The molecule has 0 fully saturated rings. The second-order valence-electron chi connectivity index (χ2n) is 3.16. The Morgan fingerprint density at radius 2 is 2.24 bits per heavy atom. The molecule has 1 rings (SSSR count). The van der Waals surface area contributed by atoms with Gasteiger partial charge in [-0.15, -0.1) is 11.8 Å². The molecule has 0 radical (unpaired) electrons. The Bertz CT molecular complexity index is 532. The highest BCUT2D eigenvalue weighted by atomic mass is 35.7. The van der Waals surface area contributed by atoms with Gasteiger partial charge in [0.05, 0.1) is 15.7 Å². The van der Waals surface area contributed by atoms with Crippen LogP contribution in [-0.2, 0) is 9.05 Å². The summed E-state index contributed by atoms with van der Waals surface area (Å²) in [6, 6.07) is 1.39. The number of pyridine rings is 1. The molecule has 1 aromatic heterocycles. The molecule has 1 heterocycles. The minimum Gasteiger partial charge on any atom is -0.258 e. The van der Waals surface area contributed by atoms with Crippen LogP contribution in [0, 0.1) is 17.0 Å². The summed E-state index contributed by atoms with van der Waals surface area (Å²) >= 11 is 1.20. The normalized spacial score (nSPS) is 11.4. The summed E-state index contributed by atoms with van der Waals surface area (Å²) in [5.74, 6) is 0.0921. The molecule has 0 saturated heterocycles. The second kappa shape index (κ2) is 5.65. The van der Waals surface area contributed by atoms with Crippen LogP contribution in [0.4, 0.5) is 5.69 Å². The molecule has 6 nitrogen and oxygen atoms in total. The largest absolute Gasteiger partial charge is 0.287 e. The van der Waals surface area contributed by atoms with E-state index < -0.39 is 14.0 Å². The first-order chi connectivity index (χ1) is 7.79. The summed E-state index contributed by atoms with van der Waals surface area (Å²) in [7, 11) is 1.54. The van der Waals surface area contributed by atoms with Crippen molar-refractivity contribution < 1.29 is 13.3 Å². The third-order valence-corrected chi connectivity index (χ3v) is 4.31. The van der Waals surface area contributed by atoms with Crippen molar-refractivity contribution >= 4 is 37.2 Å². The van der Waals surface area contributed by atoms with Gasteiger partial charge in [-0.1, -0.05) is 0 Å². The summed E-state index contributed by atoms with van der Waals surface area (Å²) in [5.41, 5.74) is 0.549. The molecule has 0 atom stereocenters. The van der Waals surface area contributed by atoms with Crippen molar-refractivity contribution in [3.8, 4) is 0 Å². The van der Waals surface area contributed by atoms with Crippen molar-refractivity contribution in [3.63, 3.8) is 0 Å². The quantitative estimate of drug-likeness (QED) is 0.357. The van der Waals surface area contributed by atoms with Gasteiger partial charge in [0.2, 0.25) is 9.05 Å². The van der Waals surface area contributed by atoms with Gasteiger partial charge in [-0.2, -0.15) is 0 Å². The fourth-order valence-electron chi connectivity index (χ4n) is 1.04. The van der Waals surface area contributed by atoms with Gasteiger partial charge < -0.3 is 0 Å². The first-order valence-electron chi connectivity index (χ1n) is 4.46. The Hall–Kier alpha value is -0.860. The van der Waals surface area contributed by atoms with Gasteiger partial charge in [-0.05, 0) is 12.5 Å². The van der Waals surface area contributed by atoms with Crippen LogP contribution in [-0.4, -0.2) is 29.8 Å². The fraction of sp³-hybridized carbons (Fsp3) is 0.375. The molecule has 0 amide bonds. The van der Waals surface area contributed by atoms with E-state index in [2.05, 4.69) is 4.98 Å². The Morgan fingerprint density at radius 3 is 2.71 bits per heavy atom. The van der Waals surface area contributed by atoms with Crippen molar-refractivity contribution in [1.29, 1.82) is 0 Å². The average Bonchev–Trinajstić information content (AvgIpc) is 2.18. The van der Waals surface area contributed by atoms with Crippen LogP contribution >= 0.6 is 22.4 Å². The number of hydrogen-bond acceptors (Lipinski definition) is 6. The second-order valence-corrected chi connectivity index (χ2v) is 7.14. The molecule has 0 spiro atoms. The number of halogens is 1. The first-order valence-corrected chi connectivity index (χ1v) is 7.92. The number of aromatic nitrogens is 1. The van der Waals surface area contributed by atoms with Crippen LogP contribution in [0.25, 0.3) is 0 Å². The summed E-state index contributed by atoms with van der Waals surface area (Å²) in [6.07, 6.45) is 1.14. The van der Waals surface area contributed by atoms with Crippen molar-refractivity contribution in [1.82, 2.24) is 4.98 Å². The highest BCUT2D eigenvalue weighted by Crippen LogP contribution is 2.23. The standard InChI is InChI=1S/C8H9ClN2O4S2/c1-6-4-7(11(12)13)5-10-8(6)16-2-3-17(9,14)15/h4-5H,2-3H2,1H3. The van der Waals surface area contributed by atoms with Gasteiger partial charge >= 0.3 is 0 Å². The molecule has 0 aliphatic heterocycles. The van der Waals surface area contributed by atoms with E-state index in [0.717, 1.165) is 6.20 Å². The van der Waals surface area contributed by atoms with E-state index in [1.54, 1.807) is 6.92 Å². The lowest BCUT2D eigenvalue weighted by Crippen LogP contribution is -2.00. The van der Waals surface area contributed by atoms with E-state index >= 15 is 0 Å². The molecule has 0 unspecified atom stereocenters. The van der Waals surface area contributed by atoms with Gasteiger partial charge in [0.15, 0.2) is 0 Å². The number of rotatable bonds is 5. The minimum absolute atomic E-state index is 0.0863. The third-order valence-electron chi connectivity index (χ3n) is 1.79. The van der Waals surface area contributed by atoms with Crippen molar-refractivity contribution in [2.45, 2.75) is 11.9 Å². The number of nitrogens with zero attached hydrogens (tertiary/aromatic N) is 2. The van der Waals surface area contributed by atoms with Crippen LogP contribution in [0.5, 0.6) is 0 Å². The smallest absolute Gasteiger partial charge is 0.258 e. The van der Waals surface area contributed by atoms with Crippen LogP contribution in [0.15, 0.2) is 17.3 Å². The number of aryl methyl sites for hydroxylation is 1. The molecule has 1 aromatic rings. The van der Waals surface area contributed by atoms with Gasteiger partial charge in [-0.25, -0.2) is 13.4 Å². The van der Waals surface area contributed by atoms with Gasteiger partial charge in [-0.3, -0.25) is 10.1 Å². The monoisotopic (exact) mass is 296 g/mol. The Morgan fingerprint density at radius 1 is 1.59 bits per heavy atom. The molecule has 94 valence electrons. The summed E-state index contributed by atoms with van der Waals surface area (Å²) in [4.78, 5) is 13.8. The van der Waals surface area contributed by atoms with Gasteiger partial charge in [0.1, 0.15) is 6.20 Å². The Balaban J connectivity index is 2.70. The molecular formula is C8H9ClN2O4S2. The number of hydrogen-bond donors (Lipinski definition) is 0. The van der Waals surface area contributed by atoms with E-state index in [-0.39, 0.29) is 17.2 Å². The summed E-state index contributed by atoms with van der Waals surface area (Å²) < 4.78 is 21.4. The molecule has 0 aliphatic carbocycles. The third kappa shape index (κ3) is 4.88. The SMILES string of the molecule is Cc1cc([N+](=O)[O-])cnc1SCCS(=O)(=O)Cl. The molecule has 0 aliphatic rings. The molecule has 0 N–H and O–H groups in total. The predicted molar refractivity (Wildman–Crippen MR) is 66.0 cm³/mol. The fourth-order valence-corrected chi connectivity index (χ4v) is 3.34. The Kier molecular flexibility index (Phi) is 4.72. The van der Waals surface area contributed by atoms with Crippen molar-refractivity contribution in [2.75, 3.05) is 11.5 Å². The maximum Gasteiger partial charge on any atom is 0.287 e. The minimum atomic E-state index is -3.51. The zero-order valence-corrected chi connectivity index (χ0v) is 11.2. The lowest BCUT2D eigenvalue weighted by Gasteiger charge is -2.02. The molecule has 0 bridgehead atoms. The lowest BCUT2D eigenvalue weighted by atomic mass is 10.3. The maximum absolute atomic E-state index is 10.7. The number of thioether (sulfide) groups is 1. The molecule has 0 aromatic carbocycles. The van der Waals surface area contributed by atoms with Crippen LogP contribution in [0.3, 0.4) is 0 Å². The Labute approximate surface area is 107 Å². The predicted octanol–water partition coefficient (Wildman–Crippen LogP) is 1.96. The topological polar surface area (TPSA) is 90.2 Å². The van der Waals surface area contributed by atoms with E-state index in [0.29, 0.717) is 10.6 Å².